The zero-order chi connectivity index (χ0) is 10.6. The maximum absolute atomic E-state index is 12.0. The number of rotatable bonds is 2. The molecule has 1 N–H and O–H groups in total. The third-order valence-corrected chi connectivity index (χ3v) is 1.11. The Morgan fingerprint density at radius 1 is 1.38 bits per heavy atom. The van der Waals surface area contributed by atoms with Crippen LogP contribution in [-0.2, 0) is 14.3 Å². The topological polar surface area (TPSA) is 55.4 Å². The van der Waals surface area contributed by atoms with E-state index in [-0.39, 0.29) is 0 Å². The summed E-state index contributed by atoms with van der Waals surface area (Å²) < 4.78 is 39.9. The molecule has 0 aromatic rings. The second-order valence-corrected chi connectivity index (χ2v) is 2.20. The molecule has 0 bridgehead atoms. The average Bonchev–Trinajstić information content (AvgIpc) is 1.96. The van der Waals surface area contributed by atoms with Crippen LogP contribution in [-0.4, -0.2) is 31.2 Å². The van der Waals surface area contributed by atoms with Gasteiger partial charge in [-0.1, -0.05) is 0 Å². The highest BCUT2D eigenvalue weighted by atomic mass is 19.4. The predicted octanol–water partition coefficient (Wildman–Crippen LogP) is 0.226. The molecule has 0 saturated carbocycles. The van der Waals surface area contributed by atoms with Crippen molar-refractivity contribution in [2.45, 2.75) is 19.1 Å². The highest BCUT2D eigenvalue weighted by molar-refractivity contribution is 5.83. The van der Waals surface area contributed by atoms with Crippen molar-refractivity contribution in [2.75, 3.05) is 7.11 Å². The Bertz CT molecular complexity index is 214. The van der Waals surface area contributed by atoms with E-state index < -0.39 is 24.1 Å². The summed E-state index contributed by atoms with van der Waals surface area (Å²) in [5, 5.41) is 1.43. The normalized spacial score (nSPS) is 13.3. The third kappa shape index (κ3) is 3.77. The molecule has 0 saturated heterocycles. The summed E-state index contributed by atoms with van der Waals surface area (Å²) in [4.78, 5) is 20.8. The minimum atomic E-state index is -4.83. The van der Waals surface area contributed by atoms with Crippen molar-refractivity contribution in [3.63, 3.8) is 0 Å². The summed E-state index contributed by atoms with van der Waals surface area (Å²) in [6.07, 6.45) is -4.83. The van der Waals surface area contributed by atoms with E-state index >= 15 is 0 Å². The summed E-state index contributed by atoms with van der Waals surface area (Å²) in [6, 6.07) is -2.59. The molecule has 0 heterocycles. The molecule has 0 fully saturated rings. The molecule has 0 aliphatic rings. The Labute approximate surface area is 72.0 Å². The van der Waals surface area contributed by atoms with Gasteiger partial charge in [-0.25, -0.2) is 4.79 Å². The van der Waals surface area contributed by atoms with Crippen molar-refractivity contribution in [1.29, 1.82) is 0 Å². The van der Waals surface area contributed by atoms with Gasteiger partial charge in [0.25, 0.3) is 0 Å². The number of methoxy groups -OCH3 is 1. The van der Waals surface area contributed by atoms with Gasteiger partial charge >= 0.3 is 12.1 Å². The molecule has 13 heavy (non-hydrogen) atoms. The fraction of sp³-hybridized carbons (Fsp3) is 0.667. The first-order chi connectivity index (χ1) is 5.79. The van der Waals surface area contributed by atoms with Crippen LogP contribution >= 0.6 is 0 Å². The fourth-order valence-electron chi connectivity index (χ4n) is 0.596. The van der Waals surface area contributed by atoms with E-state index in [2.05, 4.69) is 4.74 Å². The van der Waals surface area contributed by atoms with Gasteiger partial charge in [0.1, 0.15) is 0 Å². The number of carbonyl (C=O) groups is 2. The van der Waals surface area contributed by atoms with Crippen LogP contribution in [0.5, 0.6) is 0 Å². The molecule has 1 atom stereocenters. The number of ether oxygens (including phenoxy) is 1. The van der Waals surface area contributed by atoms with E-state index in [1.54, 1.807) is 0 Å². The van der Waals surface area contributed by atoms with Crippen LogP contribution in [0.25, 0.3) is 0 Å². The number of amides is 1. The monoisotopic (exact) mass is 199 g/mol. The van der Waals surface area contributed by atoms with Crippen molar-refractivity contribution in [3.8, 4) is 0 Å². The van der Waals surface area contributed by atoms with E-state index in [9.17, 15) is 22.8 Å². The van der Waals surface area contributed by atoms with Gasteiger partial charge in [-0.2, -0.15) is 13.2 Å². The molecule has 0 radical (unpaired) electrons. The third-order valence-electron chi connectivity index (χ3n) is 1.11. The van der Waals surface area contributed by atoms with Crippen molar-refractivity contribution < 1.29 is 27.5 Å². The molecule has 0 spiro atoms. The number of esters is 1. The van der Waals surface area contributed by atoms with Crippen LogP contribution in [0, 0.1) is 0 Å². The van der Waals surface area contributed by atoms with E-state index in [0.29, 0.717) is 0 Å². The van der Waals surface area contributed by atoms with Gasteiger partial charge in [0.2, 0.25) is 11.9 Å². The molecule has 0 aliphatic heterocycles. The van der Waals surface area contributed by atoms with E-state index in [1.807, 2.05) is 0 Å². The summed E-state index contributed by atoms with van der Waals surface area (Å²) in [5.74, 6) is -2.49. The van der Waals surface area contributed by atoms with E-state index in [0.717, 1.165) is 14.0 Å². The highest BCUT2D eigenvalue weighted by Gasteiger charge is 2.46. The number of alkyl halides is 3. The lowest BCUT2D eigenvalue weighted by Gasteiger charge is -2.17. The first-order valence-electron chi connectivity index (χ1n) is 3.20. The zero-order valence-electron chi connectivity index (χ0n) is 6.94. The zero-order valence-corrected chi connectivity index (χ0v) is 6.94. The van der Waals surface area contributed by atoms with Crippen LogP contribution in [0.4, 0.5) is 13.2 Å². The largest absolute Gasteiger partial charge is 0.467 e. The van der Waals surface area contributed by atoms with E-state index in [1.165, 1.54) is 5.32 Å². The summed E-state index contributed by atoms with van der Waals surface area (Å²) >= 11 is 0. The van der Waals surface area contributed by atoms with Crippen molar-refractivity contribution >= 4 is 11.9 Å². The molecule has 76 valence electrons. The number of nitrogens with one attached hydrogen (secondary N) is 1. The average molecular weight is 199 g/mol. The molecule has 0 aromatic carbocycles. The second kappa shape index (κ2) is 4.11. The maximum atomic E-state index is 12.0. The lowest BCUT2D eigenvalue weighted by molar-refractivity contribution is -0.184. The highest BCUT2D eigenvalue weighted by Crippen LogP contribution is 2.20. The van der Waals surface area contributed by atoms with Gasteiger partial charge < -0.3 is 10.1 Å². The lowest BCUT2D eigenvalue weighted by atomic mass is 10.3. The molecule has 0 unspecified atom stereocenters. The molecular formula is C6H8F3NO3. The van der Waals surface area contributed by atoms with Gasteiger partial charge in [0, 0.05) is 6.92 Å². The fourth-order valence-corrected chi connectivity index (χ4v) is 0.596. The maximum Gasteiger partial charge on any atom is 0.419 e. The van der Waals surface area contributed by atoms with Gasteiger partial charge in [0.15, 0.2) is 0 Å². The van der Waals surface area contributed by atoms with Crippen LogP contribution in [0.15, 0.2) is 0 Å². The Hall–Kier alpha value is -1.27. The van der Waals surface area contributed by atoms with Crippen LogP contribution in [0.3, 0.4) is 0 Å². The SMILES string of the molecule is COC(=O)[C@@H](NC(C)=O)C(F)(F)F. The Morgan fingerprint density at radius 2 is 1.85 bits per heavy atom. The second-order valence-electron chi connectivity index (χ2n) is 2.20. The quantitative estimate of drug-likeness (QED) is 0.647. The van der Waals surface area contributed by atoms with Crippen molar-refractivity contribution in [3.05, 3.63) is 0 Å². The molecule has 0 aromatic heterocycles. The summed E-state index contributed by atoms with van der Waals surface area (Å²) in [7, 11) is 0.808. The van der Waals surface area contributed by atoms with Crippen LogP contribution in [0.2, 0.25) is 0 Å². The Balaban J connectivity index is 4.56. The molecule has 1 amide bonds. The Kier molecular flexibility index (Phi) is 3.70. The van der Waals surface area contributed by atoms with Crippen LogP contribution < -0.4 is 5.32 Å². The van der Waals surface area contributed by atoms with Crippen LogP contribution in [0.1, 0.15) is 6.92 Å². The summed E-state index contributed by atoms with van der Waals surface area (Å²) in [5.41, 5.74) is 0. The Morgan fingerprint density at radius 3 is 2.08 bits per heavy atom. The number of carbonyl (C=O) groups excluding carboxylic acids is 2. The van der Waals surface area contributed by atoms with Crippen molar-refractivity contribution in [2.24, 2.45) is 0 Å². The van der Waals surface area contributed by atoms with Gasteiger partial charge in [-0.15, -0.1) is 0 Å². The molecule has 0 aliphatic carbocycles. The molecule has 4 nitrogen and oxygen atoms in total. The van der Waals surface area contributed by atoms with E-state index in [4.69, 9.17) is 0 Å². The van der Waals surface area contributed by atoms with Gasteiger partial charge in [-0.3, -0.25) is 4.79 Å². The predicted molar refractivity (Wildman–Crippen MR) is 35.7 cm³/mol. The standard InChI is InChI=1S/C6H8F3NO3/c1-3(11)10-4(5(12)13-2)6(7,8)9/h4H,1-2H3,(H,10,11)/t4-/m1/s1. The molecule has 0 rings (SSSR count). The smallest absolute Gasteiger partial charge is 0.419 e. The lowest BCUT2D eigenvalue weighted by Crippen LogP contribution is -2.50. The minimum absolute atomic E-state index is 0.808. The minimum Gasteiger partial charge on any atom is -0.467 e. The first-order valence-corrected chi connectivity index (χ1v) is 3.20. The number of hydrogen-bond acceptors (Lipinski definition) is 3. The van der Waals surface area contributed by atoms with Crippen molar-refractivity contribution in [1.82, 2.24) is 5.32 Å². The molecule has 7 heteroatoms. The first kappa shape index (κ1) is 11.7. The number of hydrogen-bond donors (Lipinski definition) is 1. The van der Waals surface area contributed by atoms with Gasteiger partial charge in [0.05, 0.1) is 7.11 Å². The molecular weight excluding hydrogens is 191 g/mol. The summed E-state index contributed by atoms with van der Waals surface area (Å²) in [6.45, 7) is 0.877. The van der Waals surface area contributed by atoms with Gasteiger partial charge in [-0.05, 0) is 0 Å². The number of halogens is 3.